The van der Waals surface area contributed by atoms with Crippen molar-refractivity contribution in [2.75, 3.05) is 0 Å². The van der Waals surface area contributed by atoms with Crippen LogP contribution in [0.25, 0.3) is 0 Å². The van der Waals surface area contributed by atoms with Gasteiger partial charge in [-0.05, 0) is 61.6 Å². The molecule has 2 aliphatic heterocycles. The van der Waals surface area contributed by atoms with E-state index in [1.54, 1.807) is 0 Å². The van der Waals surface area contributed by atoms with Gasteiger partial charge in [0.2, 0.25) is 0 Å². The minimum Gasteiger partial charge on any atom is -0.367 e. The third-order valence-electron chi connectivity index (χ3n) is 4.84. The molecular weight excluding hydrogens is 232 g/mol. The second-order valence-electron chi connectivity index (χ2n) is 6.09. The van der Waals surface area contributed by atoms with E-state index >= 15 is 0 Å². The average Bonchev–Trinajstić information content (AvgIpc) is 2.27. The minimum absolute atomic E-state index is 0.000347. The summed E-state index contributed by atoms with van der Waals surface area (Å²) in [6.07, 6.45) is 6.95. The summed E-state index contributed by atoms with van der Waals surface area (Å²) in [4.78, 5) is 0. The molecule has 2 saturated heterocycles. The van der Waals surface area contributed by atoms with Crippen LogP contribution in [0.5, 0.6) is 0 Å². The first-order valence-electron chi connectivity index (χ1n) is 6.67. The van der Waals surface area contributed by atoms with Gasteiger partial charge in [-0.1, -0.05) is 23.7 Å². The predicted octanol–water partition coefficient (Wildman–Crippen LogP) is 4.14. The highest BCUT2D eigenvalue weighted by Crippen LogP contribution is 2.57. The van der Waals surface area contributed by atoms with Crippen molar-refractivity contribution in [3.05, 3.63) is 34.9 Å². The van der Waals surface area contributed by atoms with Crippen molar-refractivity contribution in [3.63, 3.8) is 0 Å². The van der Waals surface area contributed by atoms with E-state index in [4.69, 9.17) is 16.3 Å². The Morgan fingerprint density at radius 1 is 1.12 bits per heavy atom. The molecule has 4 fully saturated rings. The zero-order valence-electron chi connectivity index (χ0n) is 9.86. The van der Waals surface area contributed by atoms with E-state index in [0.29, 0.717) is 6.10 Å². The van der Waals surface area contributed by atoms with Crippen LogP contribution < -0.4 is 0 Å². The molecule has 0 radical (unpaired) electrons. The molecule has 0 spiro atoms. The monoisotopic (exact) mass is 248 g/mol. The lowest BCUT2D eigenvalue weighted by molar-refractivity contribution is -0.226. The van der Waals surface area contributed by atoms with E-state index in [0.717, 1.165) is 16.9 Å². The van der Waals surface area contributed by atoms with Crippen LogP contribution >= 0.6 is 11.6 Å². The van der Waals surface area contributed by atoms with Crippen LogP contribution in [0.1, 0.15) is 37.7 Å². The van der Waals surface area contributed by atoms with Crippen LogP contribution in [0.15, 0.2) is 24.3 Å². The van der Waals surface area contributed by atoms with E-state index in [-0.39, 0.29) is 5.60 Å². The topological polar surface area (TPSA) is 9.23 Å². The number of rotatable bonds is 1. The van der Waals surface area contributed by atoms with E-state index in [2.05, 4.69) is 18.2 Å². The van der Waals surface area contributed by atoms with Gasteiger partial charge in [0.25, 0.3) is 0 Å². The molecule has 4 bridgehead atoms. The van der Waals surface area contributed by atoms with Crippen LogP contribution in [0.3, 0.4) is 0 Å². The Bertz CT molecular complexity index is 419. The fraction of sp³-hybridized carbons (Fsp3) is 0.600. The molecule has 0 amide bonds. The molecule has 4 atom stereocenters. The lowest BCUT2D eigenvalue weighted by Crippen LogP contribution is -2.52. The molecule has 2 unspecified atom stereocenters. The zero-order valence-corrected chi connectivity index (χ0v) is 10.6. The Hall–Kier alpha value is -0.530. The van der Waals surface area contributed by atoms with E-state index in [1.165, 1.54) is 37.7 Å². The highest BCUT2D eigenvalue weighted by atomic mass is 35.5. The molecule has 2 saturated carbocycles. The lowest BCUT2D eigenvalue weighted by atomic mass is 9.60. The number of hydrogen-bond donors (Lipinski definition) is 0. The summed E-state index contributed by atoms with van der Waals surface area (Å²) in [6.45, 7) is 0. The summed E-state index contributed by atoms with van der Waals surface area (Å²) >= 11 is 6.13. The number of halogens is 1. The Morgan fingerprint density at radius 2 is 1.88 bits per heavy atom. The highest BCUT2D eigenvalue weighted by molar-refractivity contribution is 6.30. The summed E-state index contributed by atoms with van der Waals surface area (Å²) in [5.74, 6) is 1.78. The van der Waals surface area contributed by atoms with E-state index < -0.39 is 0 Å². The van der Waals surface area contributed by atoms with E-state index in [9.17, 15) is 0 Å². The Morgan fingerprint density at radius 3 is 2.53 bits per heavy atom. The van der Waals surface area contributed by atoms with Crippen molar-refractivity contribution in [1.29, 1.82) is 0 Å². The average molecular weight is 249 g/mol. The smallest absolute Gasteiger partial charge is 0.0940 e. The van der Waals surface area contributed by atoms with Gasteiger partial charge in [0.05, 0.1) is 11.7 Å². The molecule has 2 heteroatoms. The summed E-state index contributed by atoms with van der Waals surface area (Å²) in [7, 11) is 0. The fourth-order valence-electron chi connectivity index (χ4n) is 4.44. The van der Waals surface area contributed by atoms with Gasteiger partial charge in [-0.3, -0.25) is 0 Å². The molecule has 17 heavy (non-hydrogen) atoms. The third-order valence-corrected chi connectivity index (χ3v) is 5.07. The maximum Gasteiger partial charge on any atom is 0.0940 e. The van der Waals surface area contributed by atoms with Gasteiger partial charge in [-0.2, -0.15) is 0 Å². The van der Waals surface area contributed by atoms with Crippen molar-refractivity contribution in [1.82, 2.24) is 0 Å². The van der Waals surface area contributed by atoms with Crippen LogP contribution in [0, 0.1) is 11.8 Å². The van der Waals surface area contributed by atoms with Gasteiger partial charge in [0.15, 0.2) is 0 Å². The standard InChI is InChI=1S/C15H17ClO/c16-13-3-1-2-12(7-13)15-8-10-4-11(9-15)6-14(5-10)17-15/h1-3,7,10-11,14H,4-6,8-9H2/t10-,11+,14?,15?. The maximum atomic E-state index is 6.39. The Labute approximate surface area is 107 Å². The molecule has 1 aromatic carbocycles. The number of hydrogen-bond acceptors (Lipinski definition) is 1. The molecular formula is C15H17ClO. The second kappa shape index (κ2) is 3.49. The van der Waals surface area contributed by atoms with Crippen LogP contribution in [0.4, 0.5) is 0 Å². The largest absolute Gasteiger partial charge is 0.367 e. The zero-order chi connectivity index (χ0) is 11.5. The first-order valence-corrected chi connectivity index (χ1v) is 7.05. The van der Waals surface area contributed by atoms with Crippen LogP contribution in [0.2, 0.25) is 5.02 Å². The van der Waals surface area contributed by atoms with Gasteiger partial charge in [-0.25, -0.2) is 0 Å². The van der Waals surface area contributed by atoms with Gasteiger partial charge in [-0.15, -0.1) is 0 Å². The molecule has 1 nitrogen and oxygen atoms in total. The van der Waals surface area contributed by atoms with Gasteiger partial charge in [0, 0.05) is 5.02 Å². The number of ether oxygens (including phenoxy) is 1. The molecule has 0 N–H and O–H groups in total. The van der Waals surface area contributed by atoms with Gasteiger partial charge >= 0.3 is 0 Å². The van der Waals surface area contributed by atoms with Crippen molar-refractivity contribution in [2.45, 2.75) is 43.8 Å². The molecule has 90 valence electrons. The summed E-state index contributed by atoms with van der Waals surface area (Å²) in [5.41, 5.74) is 1.31. The predicted molar refractivity (Wildman–Crippen MR) is 68.1 cm³/mol. The van der Waals surface area contributed by atoms with Crippen molar-refractivity contribution < 1.29 is 4.74 Å². The second-order valence-corrected chi connectivity index (χ2v) is 6.53. The van der Waals surface area contributed by atoms with E-state index in [1.807, 2.05) is 6.07 Å². The fourth-order valence-corrected chi connectivity index (χ4v) is 4.63. The quantitative estimate of drug-likeness (QED) is 0.726. The number of benzene rings is 1. The molecule has 4 aliphatic rings. The summed E-state index contributed by atoms with van der Waals surface area (Å²) in [6, 6.07) is 8.30. The SMILES string of the molecule is Clc1cccc(C23C[C@@H]4CC(C[C@@H](C4)C2)O3)c1. The van der Waals surface area contributed by atoms with Crippen molar-refractivity contribution in [3.8, 4) is 0 Å². The Balaban J connectivity index is 1.77. The van der Waals surface area contributed by atoms with Crippen LogP contribution in [-0.4, -0.2) is 6.10 Å². The lowest BCUT2D eigenvalue weighted by Gasteiger charge is -2.56. The summed E-state index contributed by atoms with van der Waals surface area (Å²) in [5, 5.41) is 0.835. The molecule has 2 aliphatic carbocycles. The first-order chi connectivity index (χ1) is 8.23. The molecule has 1 aromatic rings. The molecule has 5 rings (SSSR count). The Kier molecular flexibility index (Phi) is 2.13. The van der Waals surface area contributed by atoms with Crippen molar-refractivity contribution in [2.24, 2.45) is 11.8 Å². The molecule has 2 heterocycles. The van der Waals surface area contributed by atoms with Gasteiger partial charge < -0.3 is 4.74 Å². The normalized spacial score (nSPS) is 43.0. The van der Waals surface area contributed by atoms with Crippen molar-refractivity contribution >= 4 is 11.6 Å². The maximum absolute atomic E-state index is 6.39. The molecule has 0 aromatic heterocycles. The van der Waals surface area contributed by atoms with Gasteiger partial charge in [0.1, 0.15) is 0 Å². The first kappa shape index (κ1) is 10.4. The highest BCUT2D eigenvalue weighted by Gasteiger charge is 2.52. The summed E-state index contributed by atoms with van der Waals surface area (Å²) < 4.78 is 6.39. The minimum atomic E-state index is -0.000347. The third kappa shape index (κ3) is 1.56. The van der Waals surface area contributed by atoms with Crippen LogP contribution in [-0.2, 0) is 10.3 Å².